The second kappa shape index (κ2) is 11.4. The van der Waals surface area contributed by atoms with Gasteiger partial charge in [-0.15, -0.1) is 0 Å². The van der Waals surface area contributed by atoms with Crippen molar-refractivity contribution in [2.75, 3.05) is 6.54 Å². The summed E-state index contributed by atoms with van der Waals surface area (Å²) < 4.78 is 0. The van der Waals surface area contributed by atoms with Crippen LogP contribution in [0, 0.1) is 13.8 Å². The average Bonchev–Trinajstić information content (AvgIpc) is 2.72. The molecule has 2 amide bonds. The van der Waals surface area contributed by atoms with Gasteiger partial charge in [-0.2, -0.15) is 0 Å². The Morgan fingerprint density at radius 2 is 1.69 bits per heavy atom. The monoisotopic (exact) mass is 394 g/mol. The molecule has 156 valence electrons. The van der Waals surface area contributed by atoms with E-state index < -0.39 is 6.04 Å². The zero-order valence-electron chi connectivity index (χ0n) is 18.2. The Balaban J connectivity index is 2.19. The normalized spacial score (nSPS) is 11.7. The molecule has 2 rings (SSSR count). The third kappa shape index (κ3) is 6.74. The van der Waals surface area contributed by atoms with Gasteiger partial charge in [-0.1, -0.05) is 67.9 Å². The molecule has 0 aliphatic rings. The summed E-state index contributed by atoms with van der Waals surface area (Å²) in [4.78, 5) is 27.7. The van der Waals surface area contributed by atoms with Crippen molar-refractivity contribution < 1.29 is 9.59 Å². The number of carbonyl (C=O) groups excluding carboxylic acids is 2. The molecule has 0 aromatic heterocycles. The van der Waals surface area contributed by atoms with Crippen LogP contribution in [0.1, 0.15) is 55.4 Å². The Morgan fingerprint density at radius 3 is 2.31 bits per heavy atom. The van der Waals surface area contributed by atoms with E-state index in [-0.39, 0.29) is 11.8 Å². The third-order valence-corrected chi connectivity index (χ3v) is 5.29. The number of aryl methyl sites for hydroxylation is 3. The van der Waals surface area contributed by atoms with Crippen molar-refractivity contribution in [3.63, 3.8) is 0 Å². The molecule has 1 N–H and O–H groups in total. The number of hydrogen-bond acceptors (Lipinski definition) is 2. The van der Waals surface area contributed by atoms with Gasteiger partial charge in [-0.3, -0.25) is 9.59 Å². The molecule has 0 bridgehead atoms. The minimum atomic E-state index is -0.452. The van der Waals surface area contributed by atoms with Gasteiger partial charge in [0.05, 0.1) is 0 Å². The van der Waals surface area contributed by atoms with Crippen molar-refractivity contribution in [2.45, 2.75) is 66.0 Å². The van der Waals surface area contributed by atoms with Gasteiger partial charge < -0.3 is 10.2 Å². The maximum Gasteiger partial charge on any atom is 0.242 e. The Hall–Kier alpha value is -2.62. The number of carbonyl (C=O) groups is 2. The van der Waals surface area contributed by atoms with Crippen LogP contribution in [0.3, 0.4) is 0 Å². The average molecular weight is 395 g/mol. The van der Waals surface area contributed by atoms with Crippen LogP contribution >= 0.6 is 0 Å². The molecule has 2 aromatic rings. The van der Waals surface area contributed by atoms with Crippen molar-refractivity contribution in [2.24, 2.45) is 0 Å². The van der Waals surface area contributed by atoms with E-state index in [1.54, 1.807) is 4.90 Å². The van der Waals surface area contributed by atoms with Gasteiger partial charge in [-0.05, 0) is 49.8 Å². The molecule has 0 saturated carbocycles. The molecule has 0 saturated heterocycles. The summed E-state index contributed by atoms with van der Waals surface area (Å²) in [6.07, 6.45) is 2.54. The maximum atomic E-state index is 13.2. The predicted molar refractivity (Wildman–Crippen MR) is 119 cm³/mol. The van der Waals surface area contributed by atoms with E-state index in [4.69, 9.17) is 0 Å². The summed E-state index contributed by atoms with van der Waals surface area (Å²) in [6, 6.07) is 15.9. The molecule has 4 nitrogen and oxygen atoms in total. The van der Waals surface area contributed by atoms with Gasteiger partial charge in [0, 0.05) is 19.5 Å². The number of rotatable bonds is 10. The lowest BCUT2D eigenvalue weighted by Gasteiger charge is -2.31. The fourth-order valence-electron chi connectivity index (χ4n) is 3.41. The summed E-state index contributed by atoms with van der Waals surface area (Å²) >= 11 is 0. The Kier molecular flexibility index (Phi) is 8.91. The minimum absolute atomic E-state index is 0.0207. The van der Waals surface area contributed by atoms with Crippen LogP contribution in [-0.2, 0) is 22.6 Å². The molecule has 0 unspecified atom stereocenters. The van der Waals surface area contributed by atoms with Gasteiger partial charge in [0.25, 0.3) is 0 Å². The highest BCUT2D eigenvalue weighted by atomic mass is 16.2. The summed E-state index contributed by atoms with van der Waals surface area (Å²) in [6.45, 7) is 9.18. The van der Waals surface area contributed by atoms with Crippen molar-refractivity contribution >= 4 is 11.8 Å². The van der Waals surface area contributed by atoms with E-state index >= 15 is 0 Å². The van der Waals surface area contributed by atoms with E-state index in [2.05, 4.69) is 36.5 Å². The second-order valence-corrected chi connectivity index (χ2v) is 7.65. The van der Waals surface area contributed by atoms with Crippen LogP contribution < -0.4 is 5.32 Å². The molecule has 0 radical (unpaired) electrons. The van der Waals surface area contributed by atoms with Crippen LogP contribution in [0.15, 0.2) is 48.5 Å². The van der Waals surface area contributed by atoms with E-state index in [1.165, 1.54) is 5.56 Å². The lowest BCUT2D eigenvalue weighted by atomic mass is 10.0. The quantitative estimate of drug-likeness (QED) is 0.642. The summed E-state index contributed by atoms with van der Waals surface area (Å²) in [7, 11) is 0. The zero-order valence-corrected chi connectivity index (χ0v) is 18.2. The third-order valence-electron chi connectivity index (χ3n) is 5.29. The van der Waals surface area contributed by atoms with Gasteiger partial charge in [-0.25, -0.2) is 0 Å². The molecule has 2 aromatic carbocycles. The van der Waals surface area contributed by atoms with E-state index in [0.29, 0.717) is 32.4 Å². The van der Waals surface area contributed by atoms with Crippen LogP contribution in [0.2, 0.25) is 0 Å². The highest BCUT2D eigenvalue weighted by Gasteiger charge is 2.28. The molecule has 0 aliphatic carbocycles. The topological polar surface area (TPSA) is 49.4 Å². The number of amides is 2. The van der Waals surface area contributed by atoms with Gasteiger partial charge in [0.15, 0.2) is 0 Å². The molecule has 4 heteroatoms. The fraction of sp³-hybridized carbons (Fsp3) is 0.440. The number of hydrogen-bond donors (Lipinski definition) is 1. The van der Waals surface area contributed by atoms with Crippen LogP contribution in [0.5, 0.6) is 0 Å². The summed E-state index contributed by atoms with van der Waals surface area (Å²) in [5.41, 5.74) is 4.56. The predicted octanol–water partition coefficient (Wildman–Crippen LogP) is 4.57. The highest BCUT2D eigenvalue weighted by molar-refractivity contribution is 5.87. The molecular formula is C25H34N2O2. The SMILES string of the molecule is CCCNC(=O)[C@@H](CC)N(Cc1ccccc1C)C(=O)CCc1ccc(C)cc1. The molecule has 0 heterocycles. The van der Waals surface area contributed by atoms with Crippen molar-refractivity contribution in [1.29, 1.82) is 0 Å². The van der Waals surface area contributed by atoms with Gasteiger partial charge in [0.2, 0.25) is 11.8 Å². The first-order valence-electron chi connectivity index (χ1n) is 10.6. The minimum Gasteiger partial charge on any atom is -0.354 e. The molecule has 29 heavy (non-hydrogen) atoms. The number of benzene rings is 2. The van der Waals surface area contributed by atoms with Gasteiger partial charge in [0.1, 0.15) is 6.04 Å². The molecular weight excluding hydrogens is 360 g/mol. The Bertz CT molecular complexity index is 799. The molecule has 0 fully saturated rings. The van der Waals surface area contributed by atoms with Crippen LogP contribution in [0.25, 0.3) is 0 Å². The van der Waals surface area contributed by atoms with Crippen molar-refractivity contribution in [3.8, 4) is 0 Å². The molecule has 0 aliphatic heterocycles. The fourth-order valence-corrected chi connectivity index (χ4v) is 3.41. The first-order chi connectivity index (χ1) is 14.0. The van der Waals surface area contributed by atoms with Crippen molar-refractivity contribution in [1.82, 2.24) is 10.2 Å². The lowest BCUT2D eigenvalue weighted by Crippen LogP contribution is -2.49. The van der Waals surface area contributed by atoms with Gasteiger partial charge >= 0.3 is 0 Å². The highest BCUT2D eigenvalue weighted by Crippen LogP contribution is 2.17. The van der Waals surface area contributed by atoms with Crippen LogP contribution in [0.4, 0.5) is 0 Å². The molecule has 0 spiro atoms. The summed E-state index contributed by atoms with van der Waals surface area (Å²) in [5.74, 6) is -0.0426. The largest absolute Gasteiger partial charge is 0.354 e. The van der Waals surface area contributed by atoms with E-state index in [1.807, 2.05) is 45.0 Å². The standard InChI is InChI=1S/C25H34N2O2/c1-5-17-26-25(29)23(6-2)27(18-22-10-8-7-9-20(22)4)24(28)16-15-21-13-11-19(3)12-14-21/h7-14,23H,5-6,15-18H2,1-4H3,(H,26,29)/t23-/m1/s1. The van der Waals surface area contributed by atoms with Crippen molar-refractivity contribution in [3.05, 3.63) is 70.8 Å². The number of nitrogens with zero attached hydrogens (tertiary/aromatic N) is 1. The smallest absolute Gasteiger partial charge is 0.242 e. The maximum absolute atomic E-state index is 13.2. The Morgan fingerprint density at radius 1 is 1.00 bits per heavy atom. The Labute approximate surface area is 175 Å². The first kappa shape index (κ1) is 22.7. The zero-order chi connectivity index (χ0) is 21.2. The van der Waals surface area contributed by atoms with E-state index in [9.17, 15) is 9.59 Å². The van der Waals surface area contributed by atoms with E-state index in [0.717, 1.165) is 23.1 Å². The first-order valence-corrected chi connectivity index (χ1v) is 10.6. The number of nitrogens with one attached hydrogen (secondary N) is 1. The molecule has 1 atom stereocenters. The lowest BCUT2D eigenvalue weighted by molar-refractivity contribution is -0.141. The summed E-state index contributed by atoms with van der Waals surface area (Å²) in [5, 5.41) is 2.97. The van der Waals surface area contributed by atoms with Crippen LogP contribution in [-0.4, -0.2) is 29.3 Å². The second-order valence-electron chi connectivity index (χ2n) is 7.65.